The minimum absolute atomic E-state index is 0.288. The van der Waals surface area contributed by atoms with Gasteiger partial charge in [-0.25, -0.2) is 0 Å². The van der Waals surface area contributed by atoms with Crippen LogP contribution in [0.4, 0.5) is 0 Å². The second-order valence-corrected chi connectivity index (χ2v) is 4.12. The molecular weight excluding hydrogens is 152 g/mol. The molecule has 1 aliphatic carbocycles. The molecule has 1 unspecified atom stereocenters. The number of hydrogen-bond donors (Lipinski definition) is 1. The monoisotopic (exact) mass is 172 g/mol. The van der Waals surface area contributed by atoms with Crippen LogP contribution in [0.5, 0.6) is 0 Å². The Labute approximate surface area is 74.9 Å². The van der Waals surface area contributed by atoms with Crippen molar-refractivity contribution in [3.05, 3.63) is 0 Å². The first-order valence-corrected chi connectivity index (χ1v) is 4.96. The molecule has 0 amide bonds. The number of aliphatic hydroxyl groups excluding tert-OH is 1. The van der Waals surface area contributed by atoms with Gasteiger partial charge >= 0.3 is 0 Å². The summed E-state index contributed by atoms with van der Waals surface area (Å²) in [5.74, 6) is 1.24. The second-order valence-electron chi connectivity index (χ2n) is 4.12. The maximum atomic E-state index is 9.38. The van der Waals surface area contributed by atoms with Gasteiger partial charge in [0.05, 0.1) is 12.7 Å². The first kappa shape index (κ1) is 10.0. The minimum atomic E-state index is -0.288. The van der Waals surface area contributed by atoms with Gasteiger partial charge in [-0.15, -0.1) is 0 Å². The van der Waals surface area contributed by atoms with Crippen LogP contribution in [0.2, 0.25) is 0 Å². The van der Waals surface area contributed by atoms with E-state index in [1.54, 1.807) is 0 Å². The molecule has 0 aromatic rings. The van der Waals surface area contributed by atoms with E-state index >= 15 is 0 Å². The molecule has 1 N–H and O–H groups in total. The molecular formula is C10H20O2. The Morgan fingerprint density at radius 1 is 1.42 bits per heavy atom. The molecule has 0 radical (unpaired) electrons. The van der Waals surface area contributed by atoms with E-state index in [-0.39, 0.29) is 6.10 Å². The van der Waals surface area contributed by atoms with Gasteiger partial charge in [-0.05, 0) is 18.3 Å². The van der Waals surface area contributed by atoms with Crippen molar-refractivity contribution >= 4 is 0 Å². The molecule has 0 heterocycles. The Kier molecular flexibility index (Phi) is 4.02. The van der Waals surface area contributed by atoms with Crippen LogP contribution >= 0.6 is 0 Å². The predicted octanol–water partition coefficient (Wildman–Crippen LogP) is 1.82. The van der Waals surface area contributed by atoms with Crippen LogP contribution in [0.1, 0.15) is 33.1 Å². The highest BCUT2D eigenvalue weighted by Gasteiger charge is 2.20. The predicted molar refractivity (Wildman–Crippen MR) is 49.0 cm³/mol. The number of ether oxygens (including phenoxy) is 1. The van der Waals surface area contributed by atoms with Gasteiger partial charge in [-0.3, -0.25) is 0 Å². The zero-order valence-corrected chi connectivity index (χ0v) is 8.12. The first-order chi connectivity index (χ1) is 5.70. The van der Waals surface area contributed by atoms with Crippen LogP contribution in [0.25, 0.3) is 0 Å². The van der Waals surface area contributed by atoms with Gasteiger partial charge in [0.1, 0.15) is 0 Å². The molecule has 0 spiro atoms. The highest BCUT2D eigenvalue weighted by atomic mass is 16.5. The molecule has 1 atom stereocenters. The van der Waals surface area contributed by atoms with Crippen molar-refractivity contribution in [1.82, 2.24) is 0 Å². The topological polar surface area (TPSA) is 29.5 Å². The summed E-state index contributed by atoms with van der Waals surface area (Å²) in [5, 5.41) is 9.38. The average Bonchev–Trinajstić information content (AvgIpc) is 2.80. The second kappa shape index (κ2) is 4.83. The molecule has 12 heavy (non-hydrogen) atoms. The maximum Gasteiger partial charge on any atom is 0.0796 e. The van der Waals surface area contributed by atoms with E-state index in [9.17, 15) is 5.11 Å². The van der Waals surface area contributed by atoms with Gasteiger partial charge in [0.15, 0.2) is 0 Å². The lowest BCUT2D eigenvalue weighted by Crippen LogP contribution is -2.21. The Balaban J connectivity index is 1.86. The zero-order valence-electron chi connectivity index (χ0n) is 8.12. The van der Waals surface area contributed by atoms with Gasteiger partial charge < -0.3 is 9.84 Å². The van der Waals surface area contributed by atoms with Crippen molar-refractivity contribution in [2.24, 2.45) is 11.8 Å². The van der Waals surface area contributed by atoms with Crippen LogP contribution in [-0.4, -0.2) is 24.4 Å². The van der Waals surface area contributed by atoms with E-state index in [4.69, 9.17) is 4.74 Å². The van der Waals surface area contributed by atoms with Crippen molar-refractivity contribution in [2.45, 2.75) is 39.2 Å². The fourth-order valence-corrected chi connectivity index (χ4v) is 1.05. The van der Waals surface area contributed by atoms with E-state index in [0.717, 1.165) is 12.5 Å². The van der Waals surface area contributed by atoms with E-state index in [1.165, 1.54) is 19.3 Å². The van der Waals surface area contributed by atoms with Crippen LogP contribution in [0, 0.1) is 11.8 Å². The fourth-order valence-electron chi connectivity index (χ4n) is 1.05. The molecule has 0 aliphatic heterocycles. The van der Waals surface area contributed by atoms with Gasteiger partial charge in [-0.1, -0.05) is 26.7 Å². The molecule has 0 aromatic heterocycles. The highest BCUT2D eigenvalue weighted by molar-refractivity contribution is 4.72. The van der Waals surface area contributed by atoms with Crippen LogP contribution in [0.3, 0.4) is 0 Å². The van der Waals surface area contributed by atoms with Crippen molar-refractivity contribution in [3.8, 4) is 0 Å². The lowest BCUT2D eigenvalue weighted by atomic mass is 10.1. The van der Waals surface area contributed by atoms with E-state index in [0.29, 0.717) is 12.5 Å². The quantitative estimate of drug-likeness (QED) is 0.619. The molecule has 1 rings (SSSR count). The highest BCUT2D eigenvalue weighted by Crippen LogP contribution is 2.32. The zero-order chi connectivity index (χ0) is 8.97. The minimum Gasteiger partial charge on any atom is -0.390 e. The summed E-state index contributed by atoms with van der Waals surface area (Å²) in [6, 6.07) is 0. The van der Waals surface area contributed by atoms with Crippen LogP contribution < -0.4 is 0 Å². The van der Waals surface area contributed by atoms with Crippen molar-refractivity contribution in [1.29, 1.82) is 0 Å². The summed E-state index contributed by atoms with van der Waals surface area (Å²) < 4.78 is 5.36. The molecule has 0 aromatic carbocycles. The molecule has 0 bridgehead atoms. The smallest absolute Gasteiger partial charge is 0.0796 e. The standard InChI is InChI=1S/C10H20O2/c1-8(2)10(11)7-12-6-5-9-3-4-9/h8-11H,3-7H2,1-2H3. The normalized spacial score (nSPS) is 20.0. The molecule has 1 fully saturated rings. The summed E-state index contributed by atoms with van der Waals surface area (Å²) >= 11 is 0. The molecule has 2 heteroatoms. The lowest BCUT2D eigenvalue weighted by molar-refractivity contribution is 0.0113. The van der Waals surface area contributed by atoms with Crippen LogP contribution in [-0.2, 0) is 4.74 Å². The average molecular weight is 172 g/mol. The Morgan fingerprint density at radius 3 is 2.58 bits per heavy atom. The largest absolute Gasteiger partial charge is 0.390 e. The number of hydrogen-bond acceptors (Lipinski definition) is 2. The third-order valence-electron chi connectivity index (χ3n) is 2.43. The maximum absolute atomic E-state index is 9.38. The Hall–Kier alpha value is -0.0800. The number of aliphatic hydroxyl groups is 1. The van der Waals surface area contributed by atoms with Gasteiger partial charge in [0.2, 0.25) is 0 Å². The molecule has 2 nitrogen and oxygen atoms in total. The summed E-state index contributed by atoms with van der Waals surface area (Å²) in [6.45, 7) is 5.35. The fraction of sp³-hybridized carbons (Fsp3) is 1.00. The van der Waals surface area contributed by atoms with E-state index < -0.39 is 0 Å². The SMILES string of the molecule is CC(C)C(O)COCCC1CC1. The lowest BCUT2D eigenvalue weighted by Gasteiger charge is -2.14. The summed E-state index contributed by atoms with van der Waals surface area (Å²) in [7, 11) is 0. The van der Waals surface area contributed by atoms with Crippen molar-refractivity contribution < 1.29 is 9.84 Å². The third-order valence-corrected chi connectivity index (χ3v) is 2.43. The summed E-state index contributed by atoms with van der Waals surface area (Å²) in [5.41, 5.74) is 0. The molecule has 1 aliphatic rings. The Morgan fingerprint density at radius 2 is 2.08 bits per heavy atom. The van der Waals surface area contributed by atoms with Crippen molar-refractivity contribution in [3.63, 3.8) is 0 Å². The van der Waals surface area contributed by atoms with Gasteiger partial charge in [-0.2, -0.15) is 0 Å². The van der Waals surface area contributed by atoms with E-state index in [2.05, 4.69) is 0 Å². The van der Waals surface area contributed by atoms with Gasteiger partial charge in [0, 0.05) is 6.61 Å². The first-order valence-electron chi connectivity index (χ1n) is 4.96. The molecule has 1 saturated carbocycles. The van der Waals surface area contributed by atoms with Crippen LogP contribution in [0.15, 0.2) is 0 Å². The van der Waals surface area contributed by atoms with E-state index in [1.807, 2.05) is 13.8 Å². The third kappa shape index (κ3) is 4.07. The van der Waals surface area contributed by atoms with Crippen molar-refractivity contribution in [2.75, 3.05) is 13.2 Å². The summed E-state index contributed by atoms with van der Waals surface area (Å²) in [6.07, 6.45) is 3.67. The molecule has 72 valence electrons. The number of rotatable bonds is 6. The molecule has 0 saturated heterocycles. The Bertz CT molecular complexity index is 119. The summed E-state index contributed by atoms with van der Waals surface area (Å²) in [4.78, 5) is 0. The van der Waals surface area contributed by atoms with Gasteiger partial charge in [0.25, 0.3) is 0 Å².